The summed E-state index contributed by atoms with van der Waals surface area (Å²) >= 11 is 11.9. The minimum absolute atomic E-state index is 0.149. The molecule has 0 heterocycles. The average molecular weight is 267 g/mol. The fourth-order valence-electron chi connectivity index (χ4n) is 2.51. The van der Waals surface area contributed by atoms with Gasteiger partial charge in [0.2, 0.25) is 0 Å². The summed E-state index contributed by atoms with van der Waals surface area (Å²) in [6, 6.07) is 0. The quantitative estimate of drug-likeness (QED) is 0.682. The Bertz CT molecular complexity index is 370. The average Bonchev–Trinajstić information content (AvgIpc) is 2.22. The number of ketones is 1. The molecule has 0 aromatic rings. The van der Waals surface area contributed by atoms with E-state index in [1.807, 2.05) is 0 Å². The SMILES string of the molecule is CO[C@@H]1[C@]2(Cl)C(=O)C(Cl)=C[C@@]1(O)CC[C@@H]2O. The maximum Gasteiger partial charge on any atom is 0.200 e. The van der Waals surface area contributed by atoms with Crippen LogP contribution in [0.1, 0.15) is 12.8 Å². The number of hydrogen-bond acceptors (Lipinski definition) is 4. The molecule has 2 bridgehead atoms. The molecular formula is C10H12Cl2O4. The molecule has 6 heteroatoms. The van der Waals surface area contributed by atoms with Gasteiger partial charge >= 0.3 is 0 Å². The van der Waals surface area contributed by atoms with E-state index in [0.29, 0.717) is 0 Å². The smallest absolute Gasteiger partial charge is 0.200 e. The van der Waals surface area contributed by atoms with E-state index in [9.17, 15) is 15.0 Å². The highest BCUT2D eigenvalue weighted by molar-refractivity contribution is 6.51. The fraction of sp³-hybridized carbons (Fsp3) is 0.700. The van der Waals surface area contributed by atoms with Crippen LogP contribution >= 0.6 is 23.2 Å². The van der Waals surface area contributed by atoms with Gasteiger partial charge in [0.1, 0.15) is 11.7 Å². The van der Waals surface area contributed by atoms with Crippen molar-refractivity contribution in [3.63, 3.8) is 0 Å². The van der Waals surface area contributed by atoms with Gasteiger partial charge in [0.25, 0.3) is 0 Å². The molecule has 0 saturated heterocycles. The maximum atomic E-state index is 11.9. The molecule has 16 heavy (non-hydrogen) atoms. The van der Waals surface area contributed by atoms with Crippen LogP contribution in [0.25, 0.3) is 0 Å². The van der Waals surface area contributed by atoms with Gasteiger partial charge in [-0.1, -0.05) is 11.6 Å². The number of halogens is 2. The zero-order valence-corrected chi connectivity index (χ0v) is 10.1. The van der Waals surface area contributed by atoms with E-state index in [4.69, 9.17) is 27.9 Å². The van der Waals surface area contributed by atoms with Gasteiger partial charge in [-0.15, -0.1) is 11.6 Å². The van der Waals surface area contributed by atoms with Crippen LogP contribution in [-0.4, -0.2) is 45.8 Å². The van der Waals surface area contributed by atoms with E-state index in [1.165, 1.54) is 13.2 Å². The zero-order chi connectivity index (χ0) is 12.1. The number of carbonyl (C=O) groups excluding carboxylic acids is 1. The molecule has 1 fully saturated rings. The lowest BCUT2D eigenvalue weighted by atomic mass is 9.67. The highest BCUT2D eigenvalue weighted by atomic mass is 35.5. The Hall–Kier alpha value is -0.130. The third-order valence-electron chi connectivity index (χ3n) is 3.32. The molecule has 1 saturated carbocycles. The van der Waals surface area contributed by atoms with Crippen molar-refractivity contribution in [2.75, 3.05) is 7.11 Å². The van der Waals surface area contributed by atoms with Gasteiger partial charge in [-0.25, -0.2) is 0 Å². The number of methoxy groups -OCH3 is 1. The summed E-state index contributed by atoms with van der Waals surface area (Å²) in [5.74, 6) is -0.598. The molecule has 2 rings (SSSR count). The summed E-state index contributed by atoms with van der Waals surface area (Å²) in [4.78, 5) is 10.2. The van der Waals surface area contributed by atoms with E-state index in [2.05, 4.69) is 0 Å². The minimum Gasteiger partial charge on any atom is -0.391 e. The molecule has 0 spiro atoms. The standard InChI is InChI=1S/C10H12Cl2O4/c1-16-8-9(15)3-2-6(13)10(8,12)7(14)5(11)4-9/h4,6,8,13,15H,2-3H2,1H3/t6-,8-,9-,10+/m0/s1. The minimum atomic E-state index is -1.69. The second-order valence-corrected chi connectivity index (χ2v) is 5.28. The Balaban J connectivity index is 2.59. The summed E-state index contributed by atoms with van der Waals surface area (Å²) < 4.78 is 5.09. The van der Waals surface area contributed by atoms with E-state index in [1.54, 1.807) is 0 Å². The maximum absolute atomic E-state index is 11.9. The zero-order valence-electron chi connectivity index (χ0n) is 8.61. The summed E-state index contributed by atoms with van der Waals surface area (Å²) in [6.45, 7) is 0. The van der Waals surface area contributed by atoms with E-state index in [-0.39, 0.29) is 17.9 Å². The Morgan fingerprint density at radius 2 is 2.25 bits per heavy atom. The number of carbonyl (C=O) groups is 1. The molecule has 4 nitrogen and oxygen atoms in total. The van der Waals surface area contributed by atoms with Crippen LogP contribution < -0.4 is 0 Å². The van der Waals surface area contributed by atoms with Crippen molar-refractivity contribution >= 4 is 29.0 Å². The lowest BCUT2D eigenvalue weighted by Crippen LogP contribution is -2.68. The van der Waals surface area contributed by atoms with Gasteiger partial charge in [-0.05, 0) is 18.9 Å². The second kappa shape index (κ2) is 3.68. The van der Waals surface area contributed by atoms with Crippen LogP contribution in [0.2, 0.25) is 0 Å². The molecular weight excluding hydrogens is 255 g/mol. The molecule has 0 aliphatic heterocycles. The lowest BCUT2D eigenvalue weighted by molar-refractivity contribution is -0.158. The fourth-order valence-corrected chi connectivity index (χ4v) is 3.39. The topological polar surface area (TPSA) is 66.8 Å². The van der Waals surface area contributed by atoms with Crippen molar-refractivity contribution in [1.82, 2.24) is 0 Å². The Labute approximate surface area is 103 Å². The number of hydrogen-bond donors (Lipinski definition) is 2. The molecule has 4 atom stereocenters. The number of rotatable bonds is 1. The normalized spacial score (nSPS) is 47.8. The van der Waals surface area contributed by atoms with Crippen molar-refractivity contribution < 1.29 is 19.7 Å². The first-order chi connectivity index (χ1) is 7.36. The number of fused-ring (bicyclic) bond motifs is 2. The molecule has 0 radical (unpaired) electrons. The van der Waals surface area contributed by atoms with Crippen molar-refractivity contribution in [2.24, 2.45) is 0 Å². The summed E-state index contributed by atoms with van der Waals surface area (Å²) in [7, 11) is 1.34. The number of allylic oxidation sites excluding steroid dienone is 1. The molecule has 0 amide bonds. The van der Waals surface area contributed by atoms with Crippen LogP contribution in [0, 0.1) is 0 Å². The van der Waals surface area contributed by atoms with E-state index < -0.39 is 28.5 Å². The monoisotopic (exact) mass is 266 g/mol. The van der Waals surface area contributed by atoms with Crippen LogP contribution in [0.15, 0.2) is 11.1 Å². The summed E-state index contributed by atoms with van der Waals surface area (Å²) in [5.41, 5.74) is -1.39. The first-order valence-electron chi connectivity index (χ1n) is 4.91. The lowest BCUT2D eigenvalue weighted by Gasteiger charge is -2.51. The van der Waals surface area contributed by atoms with Crippen molar-refractivity contribution in [2.45, 2.75) is 35.5 Å². The van der Waals surface area contributed by atoms with Crippen LogP contribution in [0.3, 0.4) is 0 Å². The van der Waals surface area contributed by atoms with Crippen molar-refractivity contribution in [3.8, 4) is 0 Å². The van der Waals surface area contributed by atoms with Crippen molar-refractivity contribution in [3.05, 3.63) is 11.1 Å². The number of ether oxygens (including phenoxy) is 1. The van der Waals surface area contributed by atoms with E-state index in [0.717, 1.165) is 0 Å². The van der Waals surface area contributed by atoms with E-state index >= 15 is 0 Å². The van der Waals surface area contributed by atoms with Crippen molar-refractivity contribution in [1.29, 1.82) is 0 Å². The molecule has 2 aliphatic carbocycles. The first kappa shape index (κ1) is 12.3. The van der Waals surface area contributed by atoms with Gasteiger partial charge in [-0.2, -0.15) is 0 Å². The molecule has 0 aromatic heterocycles. The number of aliphatic hydroxyl groups excluding tert-OH is 1. The van der Waals surface area contributed by atoms with Crippen LogP contribution in [0.4, 0.5) is 0 Å². The first-order valence-corrected chi connectivity index (χ1v) is 5.67. The number of alkyl halides is 1. The Morgan fingerprint density at radius 3 is 2.81 bits per heavy atom. The largest absolute Gasteiger partial charge is 0.391 e. The third kappa shape index (κ3) is 1.38. The van der Waals surface area contributed by atoms with Gasteiger partial charge in [-0.3, -0.25) is 4.79 Å². The Morgan fingerprint density at radius 1 is 1.62 bits per heavy atom. The summed E-state index contributed by atoms with van der Waals surface area (Å²) in [5, 5.41) is 20.0. The third-order valence-corrected chi connectivity index (χ3v) is 4.22. The van der Waals surface area contributed by atoms with Gasteiger partial charge in [0.15, 0.2) is 10.7 Å². The van der Waals surface area contributed by atoms with Gasteiger partial charge < -0.3 is 14.9 Å². The number of Topliss-reactive ketones (excluding diaryl/α,β-unsaturated/α-hetero) is 1. The van der Waals surface area contributed by atoms with Gasteiger partial charge in [0, 0.05) is 7.11 Å². The van der Waals surface area contributed by atoms with Gasteiger partial charge in [0.05, 0.1) is 11.1 Å². The summed E-state index contributed by atoms with van der Waals surface area (Å²) in [6.07, 6.45) is -0.316. The molecule has 0 aromatic carbocycles. The molecule has 2 N–H and O–H groups in total. The molecule has 0 unspecified atom stereocenters. The highest BCUT2D eigenvalue weighted by Crippen LogP contribution is 2.48. The van der Waals surface area contributed by atoms with Crippen LogP contribution in [-0.2, 0) is 9.53 Å². The highest BCUT2D eigenvalue weighted by Gasteiger charge is 2.64. The predicted octanol–water partition coefficient (Wildman–Crippen LogP) is 0.570. The predicted molar refractivity (Wildman–Crippen MR) is 58.5 cm³/mol. The second-order valence-electron chi connectivity index (χ2n) is 4.25. The molecule has 2 aliphatic rings. The number of aliphatic hydroxyl groups is 2. The molecule has 90 valence electrons. The van der Waals surface area contributed by atoms with Crippen LogP contribution in [0.5, 0.6) is 0 Å². The Kier molecular flexibility index (Phi) is 2.84.